The number of benzene rings is 2. The predicted octanol–water partition coefficient (Wildman–Crippen LogP) is 1.36. The van der Waals surface area contributed by atoms with Gasteiger partial charge >= 0.3 is 0 Å². The van der Waals surface area contributed by atoms with Crippen LogP contribution in [0.5, 0.6) is 0 Å². The zero-order chi connectivity index (χ0) is 18.2. The topological polar surface area (TPSA) is 82.6 Å². The lowest BCUT2D eigenvalue weighted by Crippen LogP contribution is -2.43. The third kappa shape index (κ3) is 5.28. The predicted molar refractivity (Wildman–Crippen MR) is 112 cm³/mol. The quantitative estimate of drug-likeness (QED) is 0.610. The lowest BCUT2D eigenvalue weighted by molar-refractivity contribution is 0.589. The maximum atomic E-state index is 5.63. The van der Waals surface area contributed by atoms with E-state index in [1.54, 1.807) is 0 Å². The summed E-state index contributed by atoms with van der Waals surface area (Å²) >= 11 is 0. The van der Waals surface area contributed by atoms with Crippen molar-refractivity contribution >= 4 is 22.7 Å². The van der Waals surface area contributed by atoms with E-state index in [9.17, 15) is 0 Å². The molecule has 0 spiro atoms. The van der Waals surface area contributed by atoms with Gasteiger partial charge in [0.05, 0.1) is 0 Å². The molecule has 0 unspecified atom stereocenters. The smallest absolute Gasteiger partial charge is 0.0368 e. The van der Waals surface area contributed by atoms with Crippen molar-refractivity contribution in [1.29, 1.82) is 0 Å². The SMILES string of the molecule is Nc1ccc(N2CCNCC2)cc1.Nc1ccc(N2CCNCC2)cc1. The van der Waals surface area contributed by atoms with Crippen molar-refractivity contribution < 1.29 is 0 Å². The van der Waals surface area contributed by atoms with Gasteiger partial charge in [0, 0.05) is 75.1 Å². The number of nitrogens with one attached hydrogen (secondary N) is 2. The molecule has 0 bridgehead atoms. The Morgan fingerprint density at radius 3 is 1.15 bits per heavy atom. The molecule has 2 aromatic rings. The normalized spacial score (nSPS) is 17.4. The third-order valence-electron chi connectivity index (χ3n) is 4.75. The number of nitrogen functional groups attached to an aromatic ring is 2. The molecule has 6 N–H and O–H groups in total. The highest BCUT2D eigenvalue weighted by atomic mass is 15.2. The molecule has 2 saturated heterocycles. The van der Waals surface area contributed by atoms with Crippen LogP contribution in [0.25, 0.3) is 0 Å². The van der Waals surface area contributed by atoms with E-state index in [1.807, 2.05) is 24.3 Å². The summed E-state index contributed by atoms with van der Waals surface area (Å²) in [4.78, 5) is 4.74. The molecule has 26 heavy (non-hydrogen) atoms. The Morgan fingerprint density at radius 1 is 0.538 bits per heavy atom. The van der Waals surface area contributed by atoms with E-state index in [0.717, 1.165) is 63.7 Å². The fourth-order valence-corrected chi connectivity index (χ4v) is 3.22. The van der Waals surface area contributed by atoms with Crippen LogP contribution in [0.2, 0.25) is 0 Å². The number of anilines is 4. The summed E-state index contributed by atoms with van der Waals surface area (Å²) < 4.78 is 0. The van der Waals surface area contributed by atoms with Crippen molar-refractivity contribution in [2.75, 3.05) is 73.6 Å². The summed E-state index contributed by atoms with van der Waals surface area (Å²) in [6, 6.07) is 16.2. The first-order valence-corrected chi connectivity index (χ1v) is 9.35. The maximum Gasteiger partial charge on any atom is 0.0368 e. The van der Waals surface area contributed by atoms with Gasteiger partial charge in [-0.3, -0.25) is 0 Å². The summed E-state index contributed by atoms with van der Waals surface area (Å²) in [7, 11) is 0. The van der Waals surface area contributed by atoms with E-state index in [0.29, 0.717) is 0 Å². The largest absolute Gasteiger partial charge is 0.399 e. The minimum Gasteiger partial charge on any atom is -0.399 e. The van der Waals surface area contributed by atoms with Gasteiger partial charge in [0.15, 0.2) is 0 Å². The van der Waals surface area contributed by atoms with Crippen LogP contribution in [0.1, 0.15) is 0 Å². The van der Waals surface area contributed by atoms with E-state index < -0.39 is 0 Å². The number of piperazine rings is 2. The molecule has 0 amide bonds. The third-order valence-corrected chi connectivity index (χ3v) is 4.75. The highest BCUT2D eigenvalue weighted by Crippen LogP contribution is 2.17. The highest BCUT2D eigenvalue weighted by molar-refractivity contribution is 5.54. The minimum absolute atomic E-state index is 0.832. The fourth-order valence-electron chi connectivity index (χ4n) is 3.22. The molecular formula is C20H30N6. The van der Waals surface area contributed by atoms with Gasteiger partial charge in [0.2, 0.25) is 0 Å². The molecule has 140 valence electrons. The Hall–Kier alpha value is -2.44. The number of hydrogen-bond donors (Lipinski definition) is 4. The Morgan fingerprint density at radius 2 is 0.846 bits per heavy atom. The summed E-state index contributed by atoms with van der Waals surface area (Å²) in [5, 5.41) is 6.66. The Kier molecular flexibility index (Phi) is 6.57. The van der Waals surface area contributed by atoms with Gasteiger partial charge in [0.25, 0.3) is 0 Å². The second-order valence-electron chi connectivity index (χ2n) is 6.66. The molecule has 2 aliphatic heterocycles. The molecule has 4 rings (SSSR count). The minimum atomic E-state index is 0.832. The van der Waals surface area contributed by atoms with Gasteiger partial charge < -0.3 is 31.9 Å². The number of hydrogen-bond acceptors (Lipinski definition) is 6. The summed E-state index contributed by atoms with van der Waals surface area (Å²) in [6.07, 6.45) is 0. The van der Waals surface area contributed by atoms with E-state index in [4.69, 9.17) is 11.5 Å². The average molecular weight is 355 g/mol. The van der Waals surface area contributed by atoms with Gasteiger partial charge in [-0.2, -0.15) is 0 Å². The zero-order valence-corrected chi connectivity index (χ0v) is 15.3. The molecule has 0 radical (unpaired) electrons. The zero-order valence-electron chi connectivity index (χ0n) is 15.3. The van der Waals surface area contributed by atoms with E-state index in [-0.39, 0.29) is 0 Å². The van der Waals surface area contributed by atoms with E-state index in [2.05, 4.69) is 44.7 Å². The Bertz CT molecular complexity index is 584. The van der Waals surface area contributed by atoms with Crippen LogP contribution in [-0.2, 0) is 0 Å². The monoisotopic (exact) mass is 354 g/mol. The molecule has 0 saturated carbocycles. The first kappa shape index (κ1) is 18.4. The number of nitrogens with zero attached hydrogens (tertiary/aromatic N) is 2. The first-order chi connectivity index (χ1) is 12.7. The Balaban J connectivity index is 0.000000151. The maximum absolute atomic E-state index is 5.63. The van der Waals surface area contributed by atoms with Crippen LogP contribution in [0, 0.1) is 0 Å². The van der Waals surface area contributed by atoms with Crippen LogP contribution in [-0.4, -0.2) is 52.4 Å². The summed E-state index contributed by atoms with van der Waals surface area (Å²) in [5.41, 5.74) is 15.5. The fraction of sp³-hybridized carbons (Fsp3) is 0.400. The van der Waals surface area contributed by atoms with Crippen LogP contribution in [0.4, 0.5) is 22.7 Å². The van der Waals surface area contributed by atoms with Gasteiger partial charge in [-0.05, 0) is 48.5 Å². The lowest BCUT2D eigenvalue weighted by atomic mass is 10.2. The average Bonchev–Trinajstić information content (AvgIpc) is 2.71. The molecule has 2 aromatic carbocycles. The van der Waals surface area contributed by atoms with Gasteiger partial charge in [0.1, 0.15) is 0 Å². The van der Waals surface area contributed by atoms with Gasteiger partial charge in [-0.1, -0.05) is 0 Å². The van der Waals surface area contributed by atoms with Crippen LogP contribution >= 0.6 is 0 Å². The lowest BCUT2D eigenvalue weighted by Gasteiger charge is -2.29. The molecule has 0 aliphatic carbocycles. The number of nitrogens with two attached hydrogens (primary N) is 2. The first-order valence-electron chi connectivity index (χ1n) is 9.35. The molecule has 2 aliphatic rings. The van der Waals surface area contributed by atoms with E-state index >= 15 is 0 Å². The van der Waals surface area contributed by atoms with Gasteiger partial charge in [-0.15, -0.1) is 0 Å². The van der Waals surface area contributed by atoms with Crippen LogP contribution < -0.4 is 31.9 Å². The highest BCUT2D eigenvalue weighted by Gasteiger charge is 2.10. The number of rotatable bonds is 2. The van der Waals surface area contributed by atoms with Crippen molar-refractivity contribution in [2.24, 2.45) is 0 Å². The van der Waals surface area contributed by atoms with Crippen molar-refractivity contribution in [3.63, 3.8) is 0 Å². The molecule has 2 heterocycles. The molecule has 0 aromatic heterocycles. The molecule has 6 heteroatoms. The van der Waals surface area contributed by atoms with Crippen LogP contribution in [0.3, 0.4) is 0 Å². The molecule has 2 fully saturated rings. The van der Waals surface area contributed by atoms with E-state index in [1.165, 1.54) is 11.4 Å². The summed E-state index contributed by atoms with van der Waals surface area (Å²) in [6.45, 7) is 8.64. The Labute approximate surface area is 156 Å². The van der Waals surface area contributed by atoms with Crippen molar-refractivity contribution in [1.82, 2.24) is 10.6 Å². The standard InChI is InChI=1S/2C10H15N3/c2*11-9-1-3-10(4-2-9)13-7-5-12-6-8-13/h2*1-4,12H,5-8,11H2. The molecular weight excluding hydrogens is 324 g/mol. The second-order valence-corrected chi connectivity index (χ2v) is 6.66. The second kappa shape index (κ2) is 9.31. The van der Waals surface area contributed by atoms with Crippen LogP contribution in [0.15, 0.2) is 48.5 Å². The molecule has 6 nitrogen and oxygen atoms in total. The van der Waals surface area contributed by atoms with Crippen molar-refractivity contribution in [3.8, 4) is 0 Å². The van der Waals surface area contributed by atoms with Gasteiger partial charge in [-0.25, -0.2) is 0 Å². The van der Waals surface area contributed by atoms with Crippen molar-refractivity contribution in [2.45, 2.75) is 0 Å². The molecule has 0 atom stereocenters. The van der Waals surface area contributed by atoms with Crippen molar-refractivity contribution in [3.05, 3.63) is 48.5 Å². The summed E-state index contributed by atoms with van der Waals surface area (Å²) in [5.74, 6) is 0.